The number of likely N-dealkylation sites (tertiary alicyclic amines) is 1. The number of ether oxygens (including phenoxy) is 1. The van der Waals surface area contributed by atoms with Crippen LogP contribution in [0, 0.1) is 12.8 Å². The van der Waals surface area contributed by atoms with Crippen molar-refractivity contribution in [3.8, 4) is 5.75 Å². The lowest BCUT2D eigenvalue weighted by molar-refractivity contribution is 0.172. The first-order chi connectivity index (χ1) is 9.63. The largest absolute Gasteiger partial charge is 0.495 e. The number of nitrogens with zero attached hydrogens (tertiary/aromatic N) is 1. The lowest BCUT2D eigenvalue weighted by Gasteiger charge is -2.36. The third-order valence-electron chi connectivity index (χ3n) is 4.44. The molecule has 2 unspecified atom stereocenters. The summed E-state index contributed by atoms with van der Waals surface area (Å²) < 4.78 is 5.48. The van der Waals surface area contributed by atoms with Crippen LogP contribution in [0.3, 0.4) is 0 Å². The summed E-state index contributed by atoms with van der Waals surface area (Å²) in [5.74, 6) is 1.66. The summed E-state index contributed by atoms with van der Waals surface area (Å²) in [5.41, 5.74) is 2.34. The van der Waals surface area contributed by atoms with Gasteiger partial charge >= 0.3 is 0 Å². The Morgan fingerprint density at radius 1 is 1.45 bits per heavy atom. The molecule has 1 aliphatic rings. The van der Waals surface area contributed by atoms with Gasteiger partial charge in [-0.1, -0.05) is 13.0 Å². The lowest BCUT2D eigenvalue weighted by atomic mass is 9.91. The van der Waals surface area contributed by atoms with Crippen LogP contribution < -0.4 is 10.1 Å². The molecule has 0 aromatic heterocycles. The lowest BCUT2D eigenvalue weighted by Crippen LogP contribution is -2.41. The number of methoxy groups -OCH3 is 1. The van der Waals surface area contributed by atoms with Crippen molar-refractivity contribution in [1.29, 1.82) is 0 Å². The molecule has 0 spiro atoms. The predicted octanol–water partition coefficient (Wildman–Crippen LogP) is 3.54. The average Bonchev–Trinajstić information content (AvgIpc) is 2.49. The molecule has 1 aromatic carbocycles. The second kappa shape index (κ2) is 6.98. The minimum atomic E-state index is 0.473. The maximum absolute atomic E-state index is 5.48. The van der Waals surface area contributed by atoms with Gasteiger partial charge in [0.25, 0.3) is 0 Å². The van der Waals surface area contributed by atoms with Gasteiger partial charge in [-0.25, -0.2) is 0 Å². The number of nitrogens with one attached hydrogen (secondary N) is 1. The van der Waals surface area contributed by atoms with E-state index in [1.807, 2.05) is 0 Å². The van der Waals surface area contributed by atoms with E-state index in [9.17, 15) is 0 Å². The predicted molar refractivity (Wildman–Crippen MR) is 85.7 cm³/mol. The highest BCUT2D eigenvalue weighted by atomic mass is 16.5. The average molecular weight is 276 g/mol. The van der Waals surface area contributed by atoms with Crippen LogP contribution in [-0.2, 0) is 0 Å². The van der Waals surface area contributed by atoms with Crippen LogP contribution in [0.15, 0.2) is 18.2 Å². The molecule has 112 valence electrons. The van der Waals surface area contributed by atoms with E-state index >= 15 is 0 Å². The Morgan fingerprint density at radius 2 is 2.25 bits per heavy atom. The van der Waals surface area contributed by atoms with Gasteiger partial charge < -0.3 is 15.0 Å². The SMILES string of the molecule is CCN1CCCC(C(C)Nc2ccc(C)cc2OC)C1. The number of piperidine rings is 1. The monoisotopic (exact) mass is 276 g/mol. The van der Waals surface area contributed by atoms with Gasteiger partial charge in [-0.2, -0.15) is 0 Å². The number of anilines is 1. The molecule has 3 nitrogen and oxygen atoms in total. The minimum Gasteiger partial charge on any atom is -0.495 e. The number of aryl methyl sites for hydroxylation is 1. The second-order valence-electron chi connectivity index (χ2n) is 5.93. The summed E-state index contributed by atoms with van der Waals surface area (Å²) >= 11 is 0. The molecule has 3 heteroatoms. The summed E-state index contributed by atoms with van der Waals surface area (Å²) in [4.78, 5) is 2.55. The third-order valence-corrected chi connectivity index (χ3v) is 4.44. The number of rotatable bonds is 5. The van der Waals surface area contributed by atoms with E-state index in [0.29, 0.717) is 6.04 Å². The van der Waals surface area contributed by atoms with Crippen molar-refractivity contribution >= 4 is 5.69 Å². The Morgan fingerprint density at radius 3 is 2.95 bits per heavy atom. The van der Waals surface area contributed by atoms with Gasteiger partial charge in [0, 0.05) is 12.6 Å². The molecule has 20 heavy (non-hydrogen) atoms. The first-order valence-corrected chi connectivity index (χ1v) is 7.77. The normalized spacial score (nSPS) is 21.5. The maximum atomic E-state index is 5.48. The number of hydrogen-bond acceptors (Lipinski definition) is 3. The highest BCUT2D eigenvalue weighted by Crippen LogP contribution is 2.28. The van der Waals surface area contributed by atoms with Crippen molar-refractivity contribution in [2.75, 3.05) is 32.1 Å². The fourth-order valence-corrected chi connectivity index (χ4v) is 3.07. The van der Waals surface area contributed by atoms with Gasteiger partial charge in [0.2, 0.25) is 0 Å². The molecule has 1 saturated heterocycles. The fraction of sp³-hybridized carbons (Fsp3) is 0.647. The summed E-state index contributed by atoms with van der Waals surface area (Å²) in [6, 6.07) is 6.83. The standard InChI is InChI=1S/C17H28N2O/c1-5-19-10-6-7-15(12-19)14(3)18-16-9-8-13(2)11-17(16)20-4/h8-9,11,14-15,18H,5-7,10,12H2,1-4H3. The summed E-state index contributed by atoms with van der Waals surface area (Å²) in [5, 5.41) is 3.65. The van der Waals surface area contributed by atoms with Gasteiger partial charge in [-0.05, 0) is 63.4 Å². The molecule has 1 heterocycles. The third kappa shape index (κ3) is 3.66. The van der Waals surface area contributed by atoms with Crippen molar-refractivity contribution in [2.24, 2.45) is 5.92 Å². The Bertz CT molecular complexity index is 433. The van der Waals surface area contributed by atoms with Crippen molar-refractivity contribution < 1.29 is 4.74 Å². The Labute approximate surface area is 123 Å². The zero-order valence-electron chi connectivity index (χ0n) is 13.3. The molecule has 1 fully saturated rings. The van der Waals surface area contributed by atoms with Crippen molar-refractivity contribution in [1.82, 2.24) is 4.90 Å². The van der Waals surface area contributed by atoms with Gasteiger partial charge in [0.1, 0.15) is 5.75 Å². The fourth-order valence-electron chi connectivity index (χ4n) is 3.07. The van der Waals surface area contributed by atoms with Gasteiger partial charge in [0.05, 0.1) is 12.8 Å². The van der Waals surface area contributed by atoms with E-state index < -0.39 is 0 Å². The first kappa shape index (κ1) is 15.2. The quantitative estimate of drug-likeness (QED) is 0.890. The molecule has 1 aromatic rings. The molecule has 1 N–H and O–H groups in total. The van der Waals surface area contributed by atoms with Crippen molar-refractivity contribution in [2.45, 2.75) is 39.7 Å². The molecular weight excluding hydrogens is 248 g/mol. The van der Waals surface area contributed by atoms with E-state index in [1.165, 1.54) is 31.5 Å². The van der Waals surface area contributed by atoms with Crippen LogP contribution in [-0.4, -0.2) is 37.7 Å². The molecule has 2 atom stereocenters. The number of hydrogen-bond donors (Lipinski definition) is 1. The van der Waals surface area contributed by atoms with Crippen molar-refractivity contribution in [3.05, 3.63) is 23.8 Å². The van der Waals surface area contributed by atoms with Crippen LogP contribution in [0.2, 0.25) is 0 Å². The van der Waals surface area contributed by atoms with Gasteiger partial charge in [-0.15, -0.1) is 0 Å². The van der Waals surface area contributed by atoms with Crippen LogP contribution in [0.1, 0.15) is 32.3 Å². The second-order valence-corrected chi connectivity index (χ2v) is 5.93. The van der Waals surface area contributed by atoms with Crippen LogP contribution in [0.5, 0.6) is 5.75 Å². The van der Waals surface area contributed by atoms with Crippen LogP contribution in [0.25, 0.3) is 0 Å². The van der Waals surface area contributed by atoms with Crippen LogP contribution in [0.4, 0.5) is 5.69 Å². The molecule has 0 saturated carbocycles. The zero-order chi connectivity index (χ0) is 14.5. The smallest absolute Gasteiger partial charge is 0.142 e. The highest BCUT2D eigenvalue weighted by Gasteiger charge is 2.24. The maximum Gasteiger partial charge on any atom is 0.142 e. The van der Waals surface area contributed by atoms with E-state index in [2.05, 4.69) is 49.2 Å². The Kier molecular flexibility index (Phi) is 5.30. The number of benzene rings is 1. The minimum absolute atomic E-state index is 0.473. The molecule has 0 amide bonds. The van der Waals surface area contributed by atoms with E-state index in [0.717, 1.165) is 23.9 Å². The van der Waals surface area contributed by atoms with Gasteiger partial charge in [0.15, 0.2) is 0 Å². The van der Waals surface area contributed by atoms with Crippen LogP contribution >= 0.6 is 0 Å². The van der Waals surface area contributed by atoms with E-state index in [1.54, 1.807) is 7.11 Å². The highest BCUT2D eigenvalue weighted by molar-refractivity contribution is 5.58. The molecule has 0 bridgehead atoms. The molecule has 2 rings (SSSR count). The van der Waals surface area contributed by atoms with Crippen molar-refractivity contribution in [3.63, 3.8) is 0 Å². The molecule has 0 radical (unpaired) electrons. The Hall–Kier alpha value is -1.22. The topological polar surface area (TPSA) is 24.5 Å². The molecule has 0 aliphatic carbocycles. The molecule has 1 aliphatic heterocycles. The van der Waals surface area contributed by atoms with E-state index in [-0.39, 0.29) is 0 Å². The van der Waals surface area contributed by atoms with E-state index in [4.69, 9.17) is 4.74 Å². The molecular formula is C17H28N2O. The summed E-state index contributed by atoms with van der Waals surface area (Å²) in [6.45, 7) is 10.3. The summed E-state index contributed by atoms with van der Waals surface area (Å²) in [7, 11) is 1.74. The zero-order valence-corrected chi connectivity index (χ0v) is 13.3. The summed E-state index contributed by atoms with van der Waals surface area (Å²) in [6.07, 6.45) is 2.63. The van der Waals surface area contributed by atoms with Gasteiger partial charge in [-0.3, -0.25) is 0 Å². The Balaban J connectivity index is 2.02. The first-order valence-electron chi connectivity index (χ1n) is 7.77.